The Morgan fingerprint density at radius 2 is 2.28 bits per heavy atom. The van der Waals surface area contributed by atoms with Crippen molar-refractivity contribution in [3.63, 3.8) is 0 Å². The van der Waals surface area contributed by atoms with E-state index < -0.39 is 9.84 Å². The summed E-state index contributed by atoms with van der Waals surface area (Å²) in [5, 5.41) is 6.16. The molecule has 2 rings (SSSR count). The Morgan fingerprint density at radius 1 is 1.44 bits per heavy atom. The molecule has 2 saturated heterocycles. The van der Waals surface area contributed by atoms with Gasteiger partial charge in [0.1, 0.15) is 0 Å². The van der Waals surface area contributed by atoms with E-state index in [1.165, 1.54) is 0 Å². The summed E-state index contributed by atoms with van der Waals surface area (Å²) in [5.74, 6) is 2.39. The van der Waals surface area contributed by atoms with Crippen molar-refractivity contribution in [2.45, 2.75) is 31.3 Å². The number of carbonyl (C=O) groups excluding carboxylic acids is 1. The molecule has 0 bridgehead atoms. The lowest BCUT2D eigenvalue weighted by Gasteiger charge is -2.26. The van der Waals surface area contributed by atoms with Gasteiger partial charge in [0.15, 0.2) is 9.84 Å². The Labute approximate surface area is 112 Å². The number of sulfone groups is 1. The molecule has 7 heteroatoms. The summed E-state index contributed by atoms with van der Waals surface area (Å²) < 4.78 is 22.9. The third kappa shape index (κ3) is 4.44. The van der Waals surface area contributed by atoms with Crippen molar-refractivity contribution < 1.29 is 13.2 Å². The Balaban J connectivity index is 1.76. The van der Waals surface area contributed by atoms with E-state index in [0.29, 0.717) is 12.8 Å². The first kappa shape index (κ1) is 14.1. The average Bonchev–Trinajstić information content (AvgIpc) is 2.28. The molecule has 2 aliphatic rings. The maximum absolute atomic E-state index is 11.8. The van der Waals surface area contributed by atoms with Gasteiger partial charge in [-0.05, 0) is 12.8 Å². The largest absolute Gasteiger partial charge is 0.352 e. The Bertz CT molecular complexity index is 391. The first-order valence-electron chi connectivity index (χ1n) is 6.36. The van der Waals surface area contributed by atoms with E-state index >= 15 is 0 Å². The van der Waals surface area contributed by atoms with Gasteiger partial charge in [-0.25, -0.2) is 8.42 Å². The van der Waals surface area contributed by atoms with E-state index in [4.69, 9.17) is 0 Å². The van der Waals surface area contributed by atoms with Crippen LogP contribution < -0.4 is 10.6 Å². The lowest BCUT2D eigenvalue weighted by molar-refractivity contribution is -0.122. The molecule has 0 saturated carbocycles. The molecule has 2 heterocycles. The second kappa shape index (κ2) is 6.25. The number of amides is 1. The van der Waals surface area contributed by atoms with Crippen LogP contribution in [0.25, 0.3) is 0 Å². The molecule has 0 aliphatic carbocycles. The van der Waals surface area contributed by atoms with Gasteiger partial charge in [0.25, 0.3) is 0 Å². The van der Waals surface area contributed by atoms with Crippen LogP contribution in [0.4, 0.5) is 0 Å². The van der Waals surface area contributed by atoms with E-state index in [0.717, 1.165) is 24.5 Å². The summed E-state index contributed by atoms with van der Waals surface area (Å²) >= 11 is 1.85. The molecule has 0 spiro atoms. The van der Waals surface area contributed by atoms with E-state index in [1.54, 1.807) is 0 Å². The van der Waals surface area contributed by atoms with Gasteiger partial charge in [-0.2, -0.15) is 11.8 Å². The third-order valence-electron chi connectivity index (χ3n) is 3.26. The Kier molecular flexibility index (Phi) is 4.91. The van der Waals surface area contributed by atoms with E-state index in [1.807, 2.05) is 11.8 Å². The maximum Gasteiger partial charge on any atom is 0.221 e. The zero-order valence-electron chi connectivity index (χ0n) is 10.4. The van der Waals surface area contributed by atoms with Gasteiger partial charge in [0.05, 0.1) is 11.5 Å². The standard InChI is InChI=1S/C11H20N2O3S2/c14-11(6-10-7-17-4-3-12-10)13-9-2-1-5-18(15,16)8-9/h9-10,12H,1-8H2,(H,13,14). The molecule has 5 nitrogen and oxygen atoms in total. The molecule has 0 radical (unpaired) electrons. The number of thioether (sulfide) groups is 1. The predicted octanol–water partition coefficient (Wildman–Crippen LogP) is -0.225. The minimum Gasteiger partial charge on any atom is -0.352 e. The fraction of sp³-hybridized carbons (Fsp3) is 0.909. The van der Waals surface area contributed by atoms with Crippen molar-refractivity contribution in [3.05, 3.63) is 0 Å². The molecule has 0 aromatic carbocycles. The van der Waals surface area contributed by atoms with Crippen LogP contribution in [-0.4, -0.2) is 56.0 Å². The van der Waals surface area contributed by atoms with Gasteiger partial charge < -0.3 is 10.6 Å². The average molecular weight is 292 g/mol. The van der Waals surface area contributed by atoms with Crippen LogP contribution in [0.1, 0.15) is 19.3 Å². The zero-order chi connectivity index (χ0) is 13.0. The van der Waals surface area contributed by atoms with Crippen LogP contribution in [0, 0.1) is 0 Å². The highest BCUT2D eigenvalue weighted by molar-refractivity contribution is 7.99. The smallest absolute Gasteiger partial charge is 0.221 e. The monoisotopic (exact) mass is 292 g/mol. The molecular formula is C11H20N2O3S2. The molecule has 18 heavy (non-hydrogen) atoms. The van der Waals surface area contributed by atoms with Crippen LogP contribution in [0.5, 0.6) is 0 Å². The van der Waals surface area contributed by atoms with Crippen LogP contribution >= 0.6 is 11.8 Å². The summed E-state index contributed by atoms with van der Waals surface area (Å²) in [6.07, 6.45) is 1.88. The van der Waals surface area contributed by atoms with E-state index in [-0.39, 0.29) is 29.5 Å². The van der Waals surface area contributed by atoms with Crippen molar-refractivity contribution in [1.82, 2.24) is 10.6 Å². The molecule has 2 fully saturated rings. The summed E-state index contributed by atoms with van der Waals surface area (Å²) in [5.41, 5.74) is 0. The number of rotatable bonds is 3. The highest BCUT2D eigenvalue weighted by Gasteiger charge is 2.26. The van der Waals surface area contributed by atoms with Crippen molar-refractivity contribution in [1.29, 1.82) is 0 Å². The summed E-state index contributed by atoms with van der Waals surface area (Å²) in [4.78, 5) is 11.8. The minimum absolute atomic E-state index is 0.0305. The lowest BCUT2D eigenvalue weighted by atomic mass is 10.1. The van der Waals surface area contributed by atoms with Gasteiger partial charge in [-0.1, -0.05) is 0 Å². The first-order chi connectivity index (χ1) is 8.55. The summed E-state index contributed by atoms with van der Waals surface area (Å²) in [7, 11) is -2.95. The Morgan fingerprint density at radius 3 is 2.94 bits per heavy atom. The normalized spacial score (nSPS) is 31.8. The molecule has 2 atom stereocenters. The first-order valence-corrected chi connectivity index (χ1v) is 9.34. The number of hydrogen-bond donors (Lipinski definition) is 2. The van der Waals surface area contributed by atoms with E-state index in [9.17, 15) is 13.2 Å². The molecule has 2 aliphatic heterocycles. The number of nitrogens with one attached hydrogen (secondary N) is 2. The molecular weight excluding hydrogens is 272 g/mol. The van der Waals surface area contributed by atoms with E-state index in [2.05, 4.69) is 10.6 Å². The zero-order valence-corrected chi connectivity index (χ0v) is 12.0. The molecule has 2 N–H and O–H groups in total. The van der Waals surface area contributed by atoms with Crippen molar-refractivity contribution in [3.8, 4) is 0 Å². The lowest BCUT2D eigenvalue weighted by Crippen LogP contribution is -2.46. The van der Waals surface area contributed by atoms with Crippen LogP contribution in [0.15, 0.2) is 0 Å². The highest BCUT2D eigenvalue weighted by Crippen LogP contribution is 2.13. The van der Waals surface area contributed by atoms with Crippen LogP contribution in [-0.2, 0) is 14.6 Å². The minimum atomic E-state index is -2.95. The molecule has 0 aromatic rings. The predicted molar refractivity (Wildman–Crippen MR) is 73.6 cm³/mol. The SMILES string of the molecule is O=C(CC1CSCCN1)NC1CCCS(=O)(=O)C1. The van der Waals surface area contributed by atoms with Gasteiger partial charge in [-0.3, -0.25) is 4.79 Å². The summed E-state index contributed by atoms with van der Waals surface area (Å²) in [6, 6.07) is 0.0384. The number of carbonyl (C=O) groups is 1. The van der Waals surface area contributed by atoms with Crippen molar-refractivity contribution >= 4 is 27.5 Å². The molecule has 104 valence electrons. The quantitative estimate of drug-likeness (QED) is 0.752. The highest BCUT2D eigenvalue weighted by atomic mass is 32.2. The third-order valence-corrected chi connectivity index (χ3v) is 6.21. The van der Waals surface area contributed by atoms with Crippen LogP contribution in [0.2, 0.25) is 0 Å². The fourth-order valence-corrected chi connectivity index (χ4v) is 4.98. The summed E-state index contributed by atoms with van der Waals surface area (Å²) in [6.45, 7) is 0.945. The van der Waals surface area contributed by atoms with Gasteiger partial charge in [-0.15, -0.1) is 0 Å². The fourth-order valence-electron chi connectivity index (χ4n) is 2.40. The van der Waals surface area contributed by atoms with Gasteiger partial charge >= 0.3 is 0 Å². The van der Waals surface area contributed by atoms with Gasteiger partial charge in [0, 0.05) is 36.6 Å². The number of hydrogen-bond acceptors (Lipinski definition) is 5. The molecule has 1 amide bonds. The molecule has 2 unspecified atom stereocenters. The van der Waals surface area contributed by atoms with Crippen molar-refractivity contribution in [2.24, 2.45) is 0 Å². The second-order valence-electron chi connectivity index (χ2n) is 4.95. The van der Waals surface area contributed by atoms with Crippen molar-refractivity contribution in [2.75, 3.05) is 29.6 Å². The maximum atomic E-state index is 11.8. The van der Waals surface area contributed by atoms with Crippen LogP contribution in [0.3, 0.4) is 0 Å². The second-order valence-corrected chi connectivity index (χ2v) is 8.33. The molecule has 0 aromatic heterocycles. The Hall–Kier alpha value is -0.270. The van der Waals surface area contributed by atoms with Gasteiger partial charge in [0.2, 0.25) is 5.91 Å². The topological polar surface area (TPSA) is 75.3 Å².